The molecule has 50 heavy (non-hydrogen) atoms. The van der Waals surface area contributed by atoms with Crippen LogP contribution in [0.3, 0.4) is 0 Å². The zero-order chi connectivity index (χ0) is 36.5. The lowest BCUT2D eigenvalue weighted by atomic mass is 9.85. The van der Waals surface area contributed by atoms with E-state index >= 15 is 0 Å². The van der Waals surface area contributed by atoms with Crippen LogP contribution in [0, 0.1) is 12.3 Å². The number of β-amino-alcohol motifs (C(OH)–C–C–N with tert-alkyl or cyclic N) is 1. The number of nitrogens with two attached hydrogens (primary N) is 1. The molecule has 2 heterocycles. The minimum Gasteiger partial charge on any atom is -0.391 e. The third kappa shape index (κ3) is 10.8. The number of carbonyl (C=O) groups is 4. The minimum absolute atomic E-state index is 0.00976. The van der Waals surface area contributed by atoms with Crippen molar-refractivity contribution in [2.24, 2.45) is 11.1 Å². The Morgan fingerprint density at radius 1 is 1.04 bits per heavy atom. The van der Waals surface area contributed by atoms with Crippen molar-refractivity contribution in [2.75, 3.05) is 19.6 Å². The molecule has 1 aliphatic carbocycles. The number of rotatable bonds is 18. The van der Waals surface area contributed by atoms with Crippen LogP contribution in [0.1, 0.15) is 109 Å². The van der Waals surface area contributed by atoms with Gasteiger partial charge in [0.25, 0.3) is 5.91 Å². The Bertz CT molecular complexity index is 1460. The average molecular weight is 715 g/mol. The molecule has 0 bridgehead atoms. The summed E-state index contributed by atoms with van der Waals surface area (Å²) in [4.78, 5) is 60.4. The fourth-order valence-corrected chi connectivity index (χ4v) is 7.13. The van der Waals surface area contributed by atoms with Gasteiger partial charge < -0.3 is 31.7 Å². The Balaban J connectivity index is 1.45. The molecule has 1 saturated heterocycles. The molecule has 11 nitrogen and oxygen atoms in total. The molecule has 0 spiro atoms. The summed E-state index contributed by atoms with van der Waals surface area (Å²) in [6.45, 7) is 8.35. The Kier molecular flexibility index (Phi) is 13.9. The molecule has 2 aliphatic rings. The van der Waals surface area contributed by atoms with E-state index in [1.54, 1.807) is 26.3 Å². The number of hydrogen-bond donors (Lipinski definition) is 5. The molecular weight excluding hydrogens is 660 g/mol. The lowest BCUT2D eigenvalue weighted by Gasteiger charge is -2.36. The number of aliphatic hydroxyl groups excluding tert-OH is 1. The molecule has 2 aromatic rings. The number of nitrogens with one attached hydrogen (secondary N) is 3. The number of hydrogen-bond acceptors (Lipinski definition) is 8. The fourth-order valence-electron chi connectivity index (χ4n) is 6.32. The number of likely N-dealkylation sites (tertiary alicyclic amines) is 1. The van der Waals surface area contributed by atoms with E-state index in [4.69, 9.17) is 5.73 Å². The van der Waals surface area contributed by atoms with Gasteiger partial charge in [-0.15, -0.1) is 11.3 Å². The van der Waals surface area contributed by atoms with Crippen LogP contribution in [0.25, 0.3) is 10.4 Å². The molecular formula is C37H55FN6O5S. The molecule has 1 saturated carbocycles. The number of aryl methyl sites for hydroxylation is 1. The topological polar surface area (TPSA) is 167 Å². The lowest BCUT2D eigenvalue weighted by molar-refractivity contribution is -0.145. The van der Waals surface area contributed by atoms with E-state index in [-0.39, 0.29) is 38.1 Å². The van der Waals surface area contributed by atoms with Gasteiger partial charge >= 0.3 is 0 Å². The van der Waals surface area contributed by atoms with Crippen LogP contribution in [-0.2, 0) is 19.2 Å². The summed E-state index contributed by atoms with van der Waals surface area (Å²) in [5, 5.41) is 19.2. The second-order valence-electron chi connectivity index (χ2n) is 14.9. The first-order valence-corrected chi connectivity index (χ1v) is 18.9. The summed E-state index contributed by atoms with van der Waals surface area (Å²) >= 11 is 1.53. The molecule has 0 unspecified atom stereocenters. The van der Waals surface area contributed by atoms with Crippen molar-refractivity contribution >= 4 is 35.0 Å². The number of carbonyl (C=O) groups excluding carboxylic acids is 4. The van der Waals surface area contributed by atoms with Gasteiger partial charge in [-0.05, 0) is 55.7 Å². The molecule has 2 fully saturated rings. The fraction of sp³-hybridized carbons (Fsp3) is 0.649. The van der Waals surface area contributed by atoms with Crippen LogP contribution in [0.2, 0.25) is 0 Å². The maximum absolute atomic E-state index is 14.6. The quantitative estimate of drug-likeness (QED) is 0.142. The van der Waals surface area contributed by atoms with Crippen molar-refractivity contribution in [3.8, 4) is 10.4 Å². The molecule has 6 N–H and O–H groups in total. The Labute approximate surface area is 299 Å². The molecule has 1 aromatic carbocycles. The Hall–Kier alpha value is -3.42. The van der Waals surface area contributed by atoms with Crippen LogP contribution in [0.4, 0.5) is 4.39 Å². The summed E-state index contributed by atoms with van der Waals surface area (Å²) in [5.74, 6) is -2.13. The van der Waals surface area contributed by atoms with Crippen LogP contribution in [0.5, 0.6) is 0 Å². The second kappa shape index (κ2) is 17.7. The van der Waals surface area contributed by atoms with Crippen molar-refractivity contribution in [1.29, 1.82) is 0 Å². The maximum atomic E-state index is 14.6. The normalized spacial score (nSPS) is 19.5. The number of thiazole rings is 1. The zero-order valence-electron chi connectivity index (χ0n) is 29.9. The van der Waals surface area contributed by atoms with Crippen molar-refractivity contribution in [2.45, 2.75) is 128 Å². The number of unbranched alkanes of at least 4 members (excludes halogenated alkanes) is 6. The first kappa shape index (κ1) is 39.4. The largest absolute Gasteiger partial charge is 0.391 e. The SMILES string of the molecule is Cc1ncsc1-c1ccc([C@H](CC(=O)NCCCCCCCCCN)NC(=O)[C@@H]2C[C@@H](O)CN2C(=O)[C@@H](NC(=O)C2(F)CC2)C(C)(C)C)cc1. The first-order chi connectivity index (χ1) is 23.7. The van der Waals surface area contributed by atoms with E-state index in [2.05, 4.69) is 20.9 Å². The van der Waals surface area contributed by atoms with Gasteiger partial charge in [-0.1, -0.05) is 77.1 Å². The van der Waals surface area contributed by atoms with Gasteiger partial charge in [-0.2, -0.15) is 0 Å². The molecule has 4 atom stereocenters. The van der Waals surface area contributed by atoms with Crippen LogP contribution in [-0.4, -0.2) is 82.1 Å². The number of halogens is 1. The van der Waals surface area contributed by atoms with Gasteiger partial charge in [0.15, 0.2) is 5.67 Å². The highest BCUT2D eigenvalue weighted by atomic mass is 32.1. The van der Waals surface area contributed by atoms with E-state index in [1.807, 2.05) is 31.2 Å². The monoisotopic (exact) mass is 714 g/mol. The number of benzene rings is 1. The molecule has 13 heteroatoms. The predicted molar refractivity (Wildman–Crippen MR) is 193 cm³/mol. The molecule has 1 aliphatic heterocycles. The summed E-state index contributed by atoms with van der Waals surface area (Å²) in [5.41, 5.74) is 7.17. The number of alkyl halides is 1. The smallest absolute Gasteiger partial charge is 0.258 e. The Morgan fingerprint density at radius 3 is 2.26 bits per heavy atom. The first-order valence-electron chi connectivity index (χ1n) is 18.0. The molecule has 4 amide bonds. The Morgan fingerprint density at radius 2 is 1.68 bits per heavy atom. The second-order valence-corrected chi connectivity index (χ2v) is 15.8. The summed E-state index contributed by atoms with van der Waals surface area (Å²) in [6.07, 6.45) is 6.68. The summed E-state index contributed by atoms with van der Waals surface area (Å²) < 4.78 is 14.6. The van der Waals surface area contributed by atoms with Crippen molar-refractivity contribution < 1.29 is 28.7 Å². The van der Waals surface area contributed by atoms with Crippen molar-refractivity contribution in [3.63, 3.8) is 0 Å². The number of amides is 4. The highest BCUT2D eigenvalue weighted by Crippen LogP contribution is 2.40. The van der Waals surface area contributed by atoms with Gasteiger partial charge in [-0.3, -0.25) is 19.2 Å². The van der Waals surface area contributed by atoms with E-state index in [1.165, 1.54) is 16.2 Å². The maximum Gasteiger partial charge on any atom is 0.258 e. The molecule has 0 radical (unpaired) electrons. The summed E-state index contributed by atoms with van der Waals surface area (Å²) in [7, 11) is 0. The van der Waals surface area contributed by atoms with E-state index in [0.29, 0.717) is 12.1 Å². The van der Waals surface area contributed by atoms with Gasteiger partial charge in [0.1, 0.15) is 12.1 Å². The lowest BCUT2D eigenvalue weighted by Crippen LogP contribution is -2.59. The average Bonchev–Trinajstić information content (AvgIpc) is 3.48. The standard InChI is InChI=1S/C37H55FN6O5S/c1-24-31(50-23-41-24)26-14-12-25(13-15-26)28(21-30(46)40-19-11-9-7-5-6-8-10-18-39)42-33(47)29-20-27(45)22-44(29)34(48)32(36(2,3)4)43-35(49)37(38)16-17-37/h12-15,23,27-29,32,45H,5-11,16-22,39H2,1-4H3,(H,40,46)(H,42,47)(H,43,49)/t27-,28+,29+,32-/m1/s1. The highest BCUT2D eigenvalue weighted by molar-refractivity contribution is 7.13. The van der Waals surface area contributed by atoms with Gasteiger partial charge in [0.2, 0.25) is 17.7 Å². The van der Waals surface area contributed by atoms with Crippen molar-refractivity contribution in [1.82, 2.24) is 25.8 Å². The number of aliphatic hydroxyl groups is 1. The van der Waals surface area contributed by atoms with E-state index < -0.39 is 53.0 Å². The molecule has 276 valence electrons. The number of nitrogens with zero attached hydrogens (tertiary/aromatic N) is 2. The predicted octanol–water partition coefficient (Wildman–Crippen LogP) is 4.47. The third-order valence-electron chi connectivity index (χ3n) is 9.58. The van der Waals surface area contributed by atoms with Gasteiger partial charge in [0.05, 0.1) is 34.6 Å². The van der Waals surface area contributed by atoms with Crippen LogP contribution in [0.15, 0.2) is 29.8 Å². The zero-order valence-corrected chi connectivity index (χ0v) is 30.8. The molecule has 1 aromatic heterocycles. The summed E-state index contributed by atoms with van der Waals surface area (Å²) in [6, 6.07) is 4.75. The van der Waals surface area contributed by atoms with Crippen LogP contribution < -0.4 is 21.7 Å². The van der Waals surface area contributed by atoms with E-state index in [0.717, 1.165) is 67.6 Å². The van der Waals surface area contributed by atoms with Gasteiger partial charge in [-0.25, -0.2) is 9.37 Å². The van der Waals surface area contributed by atoms with Crippen LogP contribution >= 0.6 is 11.3 Å². The van der Waals surface area contributed by atoms with Gasteiger partial charge in [0, 0.05) is 19.5 Å². The number of aromatic nitrogens is 1. The molecule has 4 rings (SSSR count). The van der Waals surface area contributed by atoms with E-state index in [9.17, 15) is 28.7 Å². The third-order valence-corrected chi connectivity index (χ3v) is 10.6. The van der Waals surface area contributed by atoms with Crippen molar-refractivity contribution in [3.05, 3.63) is 41.0 Å². The highest BCUT2D eigenvalue weighted by Gasteiger charge is 2.53. The minimum atomic E-state index is -1.97.